The Morgan fingerprint density at radius 2 is 2.06 bits per heavy atom. The second kappa shape index (κ2) is 10.0. The minimum Gasteiger partial charge on any atom is -0.494 e. The summed E-state index contributed by atoms with van der Waals surface area (Å²) in [7, 11) is 1.69. The third-order valence-electron chi connectivity index (χ3n) is 2.39. The fourth-order valence-electron chi connectivity index (χ4n) is 1.62. The number of hydrogen-bond acceptors (Lipinski definition) is 2. The fraction of sp³-hybridized carbons (Fsp3) is 0.600. The lowest BCUT2D eigenvalue weighted by molar-refractivity contribution is 0.170. The van der Waals surface area contributed by atoms with E-state index in [1.165, 1.54) is 5.57 Å². The zero-order chi connectivity index (χ0) is 13.1. The van der Waals surface area contributed by atoms with E-state index in [-0.39, 0.29) is 0 Å². The molecule has 0 spiro atoms. The average molecular weight is 238 g/mol. The van der Waals surface area contributed by atoms with Crippen molar-refractivity contribution in [3.8, 4) is 0 Å². The third-order valence-corrected chi connectivity index (χ3v) is 2.39. The van der Waals surface area contributed by atoms with Gasteiger partial charge in [-0.2, -0.15) is 0 Å². The first kappa shape index (κ1) is 15.8. The van der Waals surface area contributed by atoms with E-state index < -0.39 is 0 Å². The molecule has 0 saturated heterocycles. The lowest BCUT2D eigenvalue weighted by Crippen LogP contribution is -2.05. The fourth-order valence-corrected chi connectivity index (χ4v) is 1.62. The monoisotopic (exact) mass is 238 g/mol. The summed E-state index contributed by atoms with van der Waals surface area (Å²) >= 11 is 0. The molecular weight excluding hydrogens is 212 g/mol. The van der Waals surface area contributed by atoms with Crippen LogP contribution in [0.3, 0.4) is 0 Å². The first-order valence-electron chi connectivity index (χ1n) is 6.52. The molecule has 98 valence electrons. The topological polar surface area (TPSA) is 18.5 Å². The molecule has 0 bridgehead atoms. The molecular formula is C15H26O2. The third kappa shape index (κ3) is 5.62. The summed E-state index contributed by atoms with van der Waals surface area (Å²) < 4.78 is 11.0. The molecule has 1 aliphatic carbocycles. The van der Waals surface area contributed by atoms with Gasteiger partial charge in [0.15, 0.2) is 5.76 Å². The zero-order valence-electron chi connectivity index (χ0n) is 11.7. The summed E-state index contributed by atoms with van der Waals surface area (Å²) in [4.78, 5) is 0. The van der Waals surface area contributed by atoms with Crippen LogP contribution in [0.4, 0.5) is 0 Å². The molecule has 0 aromatic carbocycles. The Hall–Kier alpha value is -1.18. The lowest BCUT2D eigenvalue weighted by Gasteiger charge is -2.19. The number of allylic oxidation sites excluding steroid dienone is 4. The molecule has 17 heavy (non-hydrogen) atoms. The van der Waals surface area contributed by atoms with Crippen molar-refractivity contribution in [1.82, 2.24) is 0 Å². The van der Waals surface area contributed by atoms with Crippen LogP contribution in [0.15, 0.2) is 35.8 Å². The summed E-state index contributed by atoms with van der Waals surface area (Å²) in [6, 6.07) is 0. The zero-order valence-corrected chi connectivity index (χ0v) is 11.7. The second-order valence-electron chi connectivity index (χ2n) is 3.64. The van der Waals surface area contributed by atoms with Crippen molar-refractivity contribution in [3.63, 3.8) is 0 Å². The van der Waals surface area contributed by atoms with E-state index in [0.29, 0.717) is 0 Å². The Morgan fingerprint density at radius 3 is 2.59 bits per heavy atom. The van der Waals surface area contributed by atoms with Crippen LogP contribution in [0.25, 0.3) is 0 Å². The average Bonchev–Trinajstić information content (AvgIpc) is 2.39. The van der Waals surface area contributed by atoms with E-state index in [1.807, 2.05) is 19.9 Å². The van der Waals surface area contributed by atoms with Crippen LogP contribution in [0.1, 0.15) is 46.5 Å². The van der Waals surface area contributed by atoms with Gasteiger partial charge in [-0.15, -0.1) is 6.58 Å². The van der Waals surface area contributed by atoms with Crippen molar-refractivity contribution in [2.24, 2.45) is 0 Å². The SMILES string of the molecule is C=CCC1=CC(OC)=C(OCCC)CC1.CC. The Labute approximate surface area is 106 Å². The summed E-state index contributed by atoms with van der Waals surface area (Å²) in [6.07, 6.45) is 7.98. The van der Waals surface area contributed by atoms with Gasteiger partial charge in [-0.1, -0.05) is 32.4 Å². The normalized spacial score (nSPS) is 14.5. The molecule has 0 amide bonds. The van der Waals surface area contributed by atoms with E-state index in [9.17, 15) is 0 Å². The van der Waals surface area contributed by atoms with Gasteiger partial charge in [-0.05, 0) is 25.3 Å². The van der Waals surface area contributed by atoms with Gasteiger partial charge in [0.25, 0.3) is 0 Å². The molecule has 0 fully saturated rings. The van der Waals surface area contributed by atoms with Crippen molar-refractivity contribution < 1.29 is 9.47 Å². The number of methoxy groups -OCH3 is 1. The van der Waals surface area contributed by atoms with Crippen LogP contribution >= 0.6 is 0 Å². The van der Waals surface area contributed by atoms with E-state index in [1.54, 1.807) is 7.11 Å². The Kier molecular flexibility index (Phi) is 9.31. The maximum atomic E-state index is 5.65. The summed E-state index contributed by atoms with van der Waals surface area (Å²) in [6.45, 7) is 10.6. The molecule has 0 atom stereocenters. The Morgan fingerprint density at radius 1 is 1.35 bits per heavy atom. The maximum Gasteiger partial charge on any atom is 0.156 e. The van der Waals surface area contributed by atoms with E-state index in [0.717, 1.165) is 43.8 Å². The molecule has 2 nitrogen and oxygen atoms in total. The van der Waals surface area contributed by atoms with Crippen molar-refractivity contribution in [2.75, 3.05) is 13.7 Å². The molecule has 0 aliphatic heterocycles. The summed E-state index contributed by atoms with van der Waals surface area (Å²) in [5, 5.41) is 0. The van der Waals surface area contributed by atoms with Crippen LogP contribution in [0.2, 0.25) is 0 Å². The Bertz CT molecular complexity index is 275. The van der Waals surface area contributed by atoms with Crippen LogP contribution < -0.4 is 0 Å². The molecule has 0 radical (unpaired) electrons. The molecule has 0 saturated carbocycles. The van der Waals surface area contributed by atoms with Gasteiger partial charge in [0.1, 0.15) is 5.76 Å². The van der Waals surface area contributed by atoms with Crippen molar-refractivity contribution >= 4 is 0 Å². The highest BCUT2D eigenvalue weighted by Crippen LogP contribution is 2.27. The predicted molar refractivity (Wildman–Crippen MR) is 73.8 cm³/mol. The molecule has 1 aliphatic rings. The minimum absolute atomic E-state index is 0.771. The summed E-state index contributed by atoms with van der Waals surface area (Å²) in [5.41, 5.74) is 1.37. The highest BCUT2D eigenvalue weighted by Gasteiger charge is 2.14. The first-order valence-corrected chi connectivity index (χ1v) is 6.52. The highest BCUT2D eigenvalue weighted by molar-refractivity contribution is 5.27. The largest absolute Gasteiger partial charge is 0.494 e. The van der Waals surface area contributed by atoms with Gasteiger partial charge in [0, 0.05) is 6.42 Å². The first-order chi connectivity index (χ1) is 8.31. The lowest BCUT2D eigenvalue weighted by atomic mass is 10.00. The Balaban J connectivity index is 0.00000121. The van der Waals surface area contributed by atoms with Gasteiger partial charge in [-0.25, -0.2) is 0 Å². The molecule has 0 N–H and O–H groups in total. The summed E-state index contributed by atoms with van der Waals surface area (Å²) in [5.74, 6) is 1.87. The maximum absolute atomic E-state index is 5.65. The van der Waals surface area contributed by atoms with Crippen LogP contribution in [-0.2, 0) is 9.47 Å². The molecule has 0 heterocycles. The van der Waals surface area contributed by atoms with E-state index >= 15 is 0 Å². The smallest absolute Gasteiger partial charge is 0.156 e. The van der Waals surface area contributed by atoms with Gasteiger partial charge < -0.3 is 9.47 Å². The van der Waals surface area contributed by atoms with E-state index in [2.05, 4.69) is 19.6 Å². The van der Waals surface area contributed by atoms with Crippen molar-refractivity contribution in [1.29, 1.82) is 0 Å². The minimum atomic E-state index is 0.771. The number of rotatable bonds is 6. The number of hydrogen-bond donors (Lipinski definition) is 0. The van der Waals surface area contributed by atoms with Gasteiger partial charge in [0.2, 0.25) is 0 Å². The van der Waals surface area contributed by atoms with Crippen LogP contribution in [0.5, 0.6) is 0 Å². The van der Waals surface area contributed by atoms with Crippen LogP contribution in [0, 0.1) is 0 Å². The number of ether oxygens (including phenoxy) is 2. The molecule has 0 aromatic rings. The highest BCUT2D eigenvalue weighted by atomic mass is 16.5. The second-order valence-corrected chi connectivity index (χ2v) is 3.64. The quantitative estimate of drug-likeness (QED) is 0.630. The molecule has 1 rings (SSSR count). The van der Waals surface area contributed by atoms with Gasteiger partial charge >= 0.3 is 0 Å². The van der Waals surface area contributed by atoms with E-state index in [4.69, 9.17) is 9.47 Å². The van der Waals surface area contributed by atoms with Gasteiger partial charge in [-0.3, -0.25) is 0 Å². The van der Waals surface area contributed by atoms with Gasteiger partial charge in [0.05, 0.1) is 13.7 Å². The molecule has 0 unspecified atom stereocenters. The predicted octanol–water partition coefficient (Wildman–Crippen LogP) is 4.59. The standard InChI is InChI=1S/C13H20O2.C2H6/c1-4-6-11-7-8-12(15-9-5-2)13(10-11)14-3;1-2/h4,10H,1,5-9H2,2-3H3;1-2H3. The van der Waals surface area contributed by atoms with Crippen LogP contribution in [-0.4, -0.2) is 13.7 Å². The van der Waals surface area contributed by atoms with Crippen molar-refractivity contribution in [3.05, 3.63) is 35.8 Å². The molecule has 2 heteroatoms. The molecule has 0 aromatic heterocycles. The van der Waals surface area contributed by atoms with Crippen molar-refractivity contribution in [2.45, 2.75) is 46.5 Å².